The molecule has 0 aliphatic carbocycles. The maximum Gasteiger partial charge on any atom is 0.244 e. The van der Waals surface area contributed by atoms with E-state index in [1.165, 1.54) is 5.56 Å². The normalized spacial score (nSPS) is 13.1. The van der Waals surface area contributed by atoms with Gasteiger partial charge in [-0.2, -0.15) is 5.10 Å². The molecule has 4 rings (SSSR count). The van der Waals surface area contributed by atoms with Gasteiger partial charge in [-0.15, -0.1) is 0 Å². The first kappa shape index (κ1) is 17.4. The number of hydrogen-bond acceptors (Lipinski definition) is 4. The summed E-state index contributed by atoms with van der Waals surface area (Å²) in [6, 6.07) is 9.91. The summed E-state index contributed by atoms with van der Waals surface area (Å²) in [5.74, 6) is 0.761. The topological polar surface area (TPSA) is 63.9 Å². The molecule has 0 bridgehead atoms. The van der Waals surface area contributed by atoms with Crippen molar-refractivity contribution >= 4 is 5.91 Å². The highest BCUT2D eigenvalue weighted by Gasteiger charge is 2.26. The molecule has 1 aliphatic rings. The van der Waals surface area contributed by atoms with Gasteiger partial charge in [0.05, 0.1) is 17.9 Å². The molecule has 3 heterocycles. The molecule has 27 heavy (non-hydrogen) atoms. The number of carbonyl (C=O) groups is 1. The molecular formula is C21H23N5O. The first-order chi connectivity index (χ1) is 13.1. The zero-order valence-electron chi connectivity index (χ0n) is 15.9. The third-order valence-electron chi connectivity index (χ3n) is 5.21. The lowest BCUT2D eigenvalue weighted by molar-refractivity contribution is -0.132. The number of carbonyl (C=O) groups excluding carboxylic acids is 1. The molecular weight excluding hydrogens is 338 g/mol. The molecule has 0 saturated carbocycles. The van der Waals surface area contributed by atoms with Gasteiger partial charge in [0.15, 0.2) is 5.82 Å². The summed E-state index contributed by atoms with van der Waals surface area (Å²) in [6.07, 6.45) is 2.77. The number of nitrogens with zero attached hydrogens (tertiary/aromatic N) is 5. The monoisotopic (exact) mass is 361 g/mol. The highest BCUT2D eigenvalue weighted by molar-refractivity contribution is 5.76. The molecule has 6 nitrogen and oxygen atoms in total. The summed E-state index contributed by atoms with van der Waals surface area (Å²) in [7, 11) is 0. The van der Waals surface area contributed by atoms with Crippen molar-refractivity contribution in [2.75, 3.05) is 0 Å². The Balaban J connectivity index is 1.50. The molecule has 1 aliphatic heterocycles. The second-order valence-corrected chi connectivity index (χ2v) is 6.94. The minimum absolute atomic E-state index is 0.0579. The van der Waals surface area contributed by atoms with Crippen LogP contribution in [0.15, 0.2) is 36.5 Å². The summed E-state index contributed by atoms with van der Waals surface area (Å²) in [4.78, 5) is 23.8. The number of benzene rings is 1. The van der Waals surface area contributed by atoms with Gasteiger partial charge in [-0.05, 0) is 25.8 Å². The van der Waals surface area contributed by atoms with Crippen LogP contribution in [0, 0.1) is 13.8 Å². The van der Waals surface area contributed by atoms with Crippen LogP contribution in [-0.4, -0.2) is 30.6 Å². The molecule has 0 spiro atoms. The minimum atomic E-state index is 0.0579. The molecule has 1 amide bonds. The van der Waals surface area contributed by atoms with E-state index in [1.807, 2.05) is 60.0 Å². The zero-order valence-corrected chi connectivity index (χ0v) is 15.9. The van der Waals surface area contributed by atoms with Crippen molar-refractivity contribution in [2.24, 2.45) is 0 Å². The quantitative estimate of drug-likeness (QED) is 0.716. The van der Waals surface area contributed by atoms with Crippen molar-refractivity contribution in [3.8, 4) is 11.4 Å². The average molecular weight is 361 g/mol. The van der Waals surface area contributed by atoms with Crippen LogP contribution in [0.5, 0.6) is 0 Å². The maximum absolute atomic E-state index is 12.8. The SMILES string of the molecule is CCc1c(C)nn(CC(=O)N2Cc3cnc(-c4ccccc4)nc3C2)c1C. The highest BCUT2D eigenvalue weighted by Crippen LogP contribution is 2.24. The fourth-order valence-electron chi connectivity index (χ4n) is 3.68. The largest absolute Gasteiger partial charge is 0.331 e. The predicted molar refractivity (Wildman–Crippen MR) is 103 cm³/mol. The molecule has 0 radical (unpaired) electrons. The van der Waals surface area contributed by atoms with Gasteiger partial charge in [0.25, 0.3) is 0 Å². The van der Waals surface area contributed by atoms with Gasteiger partial charge >= 0.3 is 0 Å². The summed E-state index contributed by atoms with van der Waals surface area (Å²) < 4.78 is 1.82. The van der Waals surface area contributed by atoms with E-state index in [-0.39, 0.29) is 12.5 Å². The van der Waals surface area contributed by atoms with Gasteiger partial charge < -0.3 is 4.90 Å². The third-order valence-corrected chi connectivity index (χ3v) is 5.21. The van der Waals surface area contributed by atoms with Crippen LogP contribution >= 0.6 is 0 Å². The van der Waals surface area contributed by atoms with E-state index in [2.05, 4.69) is 22.0 Å². The summed E-state index contributed by atoms with van der Waals surface area (Å²) in [5.41, 5.74) is 6.24. The Hall–Kier alpha value is -3.02. The van der Waals surface area contributed by atoms with Gasteiger partial charge in [-0.25, -0.2) is 9.97 Å². The lowest BCUT2D eigenvalue weighted by atomic mass is 10.1. The van der Waals surface area contributed by atoms with Gasteiger partial charge in [0.1, 0.15) is 6.54 Å². The summed E-state index contributed by atoms with van der Waals surface area (Å²) >= 11 is 0. The molecule has 6 heteroatoms. The van der Waals surface area contributed by atoms with Crippen LogP contribution in [-0.2, 0) is 30.8 Å². The number of aryl methyl sites for hydroxylation is 1. The van der Waals surface area contributed by atoms with E-state index in [9.17, 15) is 4.79 Å². The van der Waals surface area contributed by atoms with E-state index in [0.29, 0.717) is 18.9 Å². The lowest BCUT2D eigenvalue weighted by Crippen LogP contribution is -2.30. The third kappa shape index (κ3) is 3.23. The van der Waals surface area contributed by atoms with E-state index >= 15 is 0 Å². The lowest BCUT2D eigenvalue weighted by Gasteiger charge is -2.15. The van der Waals surface area contributed by atoms with Crippen molar-refractivity contribution in [3.05, 3.63) is 64.7 Å². The van der Waals surface area contributed by atoms with Crippen molar-refractivity contribution < 1.29 is 4.79 Å². The number of hydrogen-bond donors (Lipinski definition) is 0. The average Bonchev–Trinajstić information content (AvgIpc) is 3.22. The van der Waals surface area contributed by atoms with Crippen LogP contribution in [0.1, 0.15) is 35.1 Å². The van der Waals surface area contributed by atoms with Crippen LogP contribution in [0.2, 0.25) is 0 Å². The van der Waals surface area contributed by atoms with Crippen LogP contribution < -0.4 is 0 Å². The zero-order chi connectivity index (χ0) is 19.0. The van der Waals surface area contributed by atoms with Crippen LogP contribution in [0.3, 0.4) is 0 Å². The van der Waals surface area contributed by atoms with Crippen molar-refractivity contribution in [1.29, 1.82) is 0 Å². The molecule has 3 aromatic rings. The summed E-state index contributed by atoms with van der Waals surface area (Å²) in [6.45, 7) is 7.49. The Morgan fingerprint density at radius 1 is 1.15 bits per heavy atom. The second-order valence-electron chi connectivity index (χ2n) is 6.94. The van der Waals surface area contributed by atoms with E-state index in [0.717, 1.165) is 34.6 Å². The molecule has 0 N–H and O–H groups in total. The first-order valence-electron chi connectivity index (χ1n) is 9.27. The fourth-order valence-corrected chi connectivity index (χ4v) is 3.68. The number of amides is 1. The standard InChI is InChI=1S/C21H23N5O/c1-4-18-14(2)24-26(15(18)3)13-20(27)25-11-17-10-22-21(23-19(17)12-25)16-8-6-5-7-9-16/h5-10H,4,11-13H2,1-3H3. The van der Waals surface area contributed by atoms with E-state index < -0.39 is 0 Å². The Morgan fingerprint density at radius 3 is 2.63 bits per heavy atom. The molecule has 0 saturated heterocycles. The highest BCUT2D eigenvalue weighted by atomic mass is 16.2. The number of fused-ring (bicyclic) bond motifs is 1. The van der Waals surface area contributed by atoms with Gasteiger partial charge in [-0.1, -0.05) is 37.3 Å². The molecule has 138 valence electrons. The van der Waals surface area contributed by atoms with Gasteiger partial charge in [0.2, 0.25) is 5.91 Å². The predicted octanol–water partition coefficient (Wildman–Crippen LogP) is 3.06. The molecule has 0 atom stereocenters. The molecule has 0 unspecified atom stereocenters. The van der Waals surface area contributed by atoms with E-state index in [1.54, 1.807) is 0 Å². The second kappa shape index (κ2) is 6.95. The Labute approximate surface area is 158 Å². The smallest absolute Gasteiger partial charge is 0.244 e. The Bertz CT molecular complexity index is 993. The van der Waals surface area contributed by atoms with Crippen molar-refractivity contribution in [3.63, 3.8) is 0 Å². The number of rotatable bonds is 4. The maximum atomic E-state index is 12.8. The minimum Gasteiger partial charge on any atom is -0.331 e. The fraction of sp³-hybridized carbons (Fsp3) is 0.333. The van der Waals surface area contributed by atoms with Crippen molar-refractivity contribution in [2.45, 2.75) is 46.8 Å². The van der Waals surface area contributed by atoms with Gasteiger partial charge in [-0.3, -0.25) is 9.48 Å². The van der Waals surface area contributed by atoms with Crippen LogP contribution in [0.4, 0.5) is 0 Å². The first-order valence-corrected chi connectivity index (χ1v) is 9.27. The Kier molecular flexibility index (Phi) is 4.48. The molecule has 0 fully saturated rings. The van der Waals surface area contributed by atoms with Gasteiger partial charge in [0, 0.05) is 29.6 Å². The van der Waals surface area contributed by atoms with Crippen LogP contribution in [0.25, 0.3) is 11.4 Å². The Morgan fingerprint density at radius 2 is 1.93 bits per heavy atom. The molecule has 1 aromatic carbocycles. The molecule has 2 aromatic heterocycles. The summed E-state index contributed by atoms with van der Waals surface area (Å²) in [5, 5.41) is 4.54. The van der Waals surface area contributed by atoms with Crippen molar-refractivity contribution in [1.82, 2.24) is 24.6 Å². The number of aromatic nitrogens is 4. The van der Waals surface area contributed by atoms with E-state index in [4.69, 9.17) is 0 Å².